The average molecular weight is 334 g/mol. The second-order valence-electron chi connectivity index (χ2n) is 5.60. The van der Waals surface area contributed by atoms with Gasteiger partial charge < -0.3 is 0 Å². The van der Waals surface area contributed by atoms with Crippen LogP contribution in [0.25, 0.3) is 10.8 Å². The summed E-state index contributed by atoms with van der Waals surface area (Å²) < 4.78 is 0.839. The van der Waals surface area contributed by atoms with Gasteiger partial charge in [-0.25, -0.2) is 0 Å². The van der Waals surface area contributed by atoms with Crippen molar-refractivity contribution < 1.29 is 0 Å². The molecular weight excluding hydrogens is 320 g/mol. The van der Waals surface area contributed by atoms with Crippen molar-refractivity contribution in [2.75, 3.05) is 0 Å². The van der Waals surface area contributed by atoms with Crippen LogP contribution in [0.15, 0.2) is 72.0 Å². The second kappa shape index (κ2) is 5.55. The fourth-order valence-corrected chi connectivity index (χ4v) is 4.64. The summed E-state index contributed by atoms with van der Waals surface area (Å²) in [6.45, 7) is 2.14. The van der Waals surface area contributed by atoms with E-state index < -0.39 is 4.87 Å². The number of thiocarbonyl (C=S) groups is 1. The number of aromatic nitrogens is 1. The van der Waals surface area contributed by atoms with Crippen LogP contribution in [0.2, 0.25) is 0 Å². The van der Waals surface area contributed by atoms with Crippen LogP contribution in [0.3, 0.4) is 0 Å². The van der Waals surface area contributed by atoms with Gasteiger partial charge in [0.05, 0.1) is 9.91 Å². The Labute approximate surface area is 144 Å². The van der Waals surface area contributed by atoms with Crippen molar-refractivity contribution in [1.82, 2.24) is 4.98 Å². The van der Waals surface area contributed by atoms with Crippen LogP contribution < -0.4 is 0 Å². The van der Waals surface area contributed by atoms with Gasteiger partial charge in [-0.3, -0.25) is 9.98 Å². The average Bonchev–Trinajstić information content (AvgIpc) is 2.91. The summed E-state index contributed by atoms with van der Waals surface area (Å²) in [5.41, 5.74) is 3.12. The lowest BCUT2D eigenvalue weighted by atomic mass is 9.99. The van der Waals surface area contributed by atoms with E-state index in [2.05, 4.69) is 54.4 Å². The molecule has 0 aliphatic carbocycles. The summed E-state index contributed by atoms with van der Waals surface area (Å²) in [6, 6.07) is 18.7. The topological polar surface area (TPSA) is 25.2 Å². The summed E-state index contributed by atoms with van der Waals surface area (Å²) >= 11 is 7.25. The van der Waals surface area contributed by atoms with Crippen molar-refractivity contribution in [3.05, 3.63) is 78.1 Å². The Morgan fingerprint density at radius 3 is 2.52 bits per heavy atom. The van der Waals surface area contributed by atoms with E-state index >= 15 is 0 Å². The Morgan fingerprint density at radius 1 is 0.957 bits per heavy atom. The molecule has 1 aliphatic heterocycles. The number of nitrogens with zero attached hydrogens (tertiary/aromatic N) is 2. The van der Waals surface area contributed by atoms with Gasteiger partial charge in [0.25, 0.3) is 0 Å². The van der Waals surface area contributed by atoms with Gasteiger partial charge >= 0.3 is 0 Å². The molecule has 23 heavy (non-hydrogen) atoms. The van der Waals surface area contributed by atoms with Gasteiger partial charge in [-0.15, -0.1) is 0 Å². The summed E-state index contributed by atoms with van der Waals surface area (Å²) in [5, 5.41) is 2.46. The largest absolute Gasteiger partial charge is 0.265 e. The Bertz CT molecular complexity index is 929. The maximum absolute atomic E-state index is 5.61. The molecular formula is C19H14N2S2. The molecule has 2 nitrogen and oxygen atoms in total. The summed E-state index contributed by atoms with van der Waals surface area (Å²) in [4.78, 5) is 8.68. The molecule has 0 radical (unpaired) electrons. The van der Waals surface area contributed by atoms with Crippen molar-refractivity contribution in [3.63, 3.8) is 0 Å². The zero-order valence-electron chi connectivity index (χ0n) is 12.6. The lowest BCUT2D eigenvalue weighted by molar-refractivity contribution is 0.760. The highest BCUT2D eigenvalue weighted by Crippen LogP contribution is 2.46. The summed E-state index contributed by atoms with van der Waals surface area (Å²) in [7, 11) is 0. The monoisotopic (exact) mass is 334 g/mol. The molecule has 112 valence electrons. The molecule has 1 atom stereocenters. The van der Waals surface area contributed by atoms with Crippen molar-refractivity contribution in [2.24, 2.45) is 4.99 Å². The van der Waals surface area contributed by atoms with E-state index in [9.17, 15) is 0 Å². The minimum absolute atomic E-state index is 0.392. The number of benzene rings is 2. The molecule has 0 N–H and O–H groups in total. The van der Waals surface area contributed by atoms with Crippen molar-refractivity contribution >= 4 is 44.7 Å². The lowest BCUT2D eigenvalue weighted by Crippen LogP contribution is -2.11. The molecule has 4 heteroatoms. The zero-order valence-corrected chi connectivity index (χ0v) is 14.2. The number of rotatable bonds is 2. The normalized spacial score (nSPS) is 20.7. The molecule has 0 bridgehead atoms. The van der Waals surface area contributed by atoms with E-state index in [1.807, 2.05) is 12.1 Å². The number of hydrogen-bond acceptors (Lipinski definition) is 4. The lowest BCUT2D eigenvalue weighted by Gasteiger charge is -2.21. The SMILES string of the molecule is CC1(c2cccc3ccccc23)N=C(c2ccncc2)C(=S)S1. The van der Waals surface area contributed by atoms with Crippen LogP contribution in [0.4, 0.5) is 0 Å². The maximum atomic E-state index is 5.61. The fraction of sp³-hybridized carbons (Fsp3) is 0.105. The van der Waals surface area contributed by atoms with Crippen molar-refractivity contribution in [3.8, 4) is 0 Å². The van der Waals surface area contributed by atoms with E-state index in [0.29, 0.717) is 0 Å². The summed E-state index contributed by atoms with van der Waals surface area (Å²) in [6.07, 6.45) is 3.55. The Morgan fingerprint density at radius 2 is 1.70 bits per heavy atom. The van der Waals surface area contributed by atoms with E-state index in [4.69, 9.17) is 17.2 Å². The quantitative estimate of drug-likeness (QED) is 0.619. The van der Waals surface area contributed by atoms with Crippen LogP contribution in [0.5, 0.6) is 0 Å². The number of thioether (sulfide) groups is 1. The molecule has 2 aromatic carbocycles. The predicted molar refractivity (Wildman–Crippen MR) is 102 cm³/mol. The fourth-order valence-electron chi connectivity index (χ4n) is 2.95. The molecule has 0 saturated carbocycles. The molecule has 2 heterocycles. The third kappa shape index (κ3) is 2.48. The first-order chi connectivity index (χ1) is 11.2. The highest BCUT2D eigenvalue weighted by atomic mass is 32.2. The van der Waals surface area contributed by atoms with E-state index in [1.54, 1.807) is 24.2 Å². The Balaban J connectivity index is 1.88. The highest BCUT2D eigenvalue weighted by molar-refractivity contribution is 8.26. The third-order valence-electron chi connectivity index (χ3n) is 4.05. The molecule has 4 rings (SSSR count). The van der Waals surface area contributed by atoms with Gasteiger partial charge in [0, 0.05) is 18.0 Å². The highest BCUT2D eigenvalue weighted by Gasteiger charge is 2.37. The molecule has 3 aromatic rings. The van der Waals surface area contributed by atoms with Gasteiger partial charge in [-0.05, 0) is 35.4 Å². The van der Waals surface area contributed by atoms with Crippen LogP contribution >= 0.6 is 24.0 Å². The predicted octanol–water partition coefficient (Wildman–Crippen LogP) is 4.97. The van der Waals surface area contributed by atoms with Crippen molar-refractivity contribution in [1.29, 1.82) is 0 Å². The number of hydrogen-bond donors (Lipinski definition) is 0. The van der Waals surface area contributed by atoms with E-state index in [0.717, 1.165) is 15.5 Å². The first kappa shape index (κ1) is 14.5. The standard InChI is InChI=1S/C19H14N2S2/c1-19(16-8-4-6-13-5-2-3-7-15(13)16)21-17(18(22)23-19)14-9-11-20-12-10-14/h2-12H,1H3. The smallest absolute Gasteiger partial charge is 0.135 e. The number of aliphatic imine (C=N–C) groups is 1. The molecule has 0 fully saturated rings. The first-order valence-corrected chi connectivity index (χ1v) is 8.62. The molecule has 1 aromatic heterocycles. The van der Waals surface area contributed by atoms with Crippen LogP contribution in [0.1, 0.15) is 18.1 Å². The van der Waals surface area contributed by atoms with E-state index in [-0.39, 0.29) is 0 Å². The Hall–Kier alpha value is -2.04. The maximum Gasteiger partial charge on any atom is 0.135 e. The zero-order chi connectivity index (χ0) is 15.9. The van der Waals surface area contributed by atoms with E-state index in [1.165, 1.54) is 16.3 Å². The molecule has 1 unspecified atom stereocenters. The first-order valence-electron chi connectivity index (χ1n) is 7.39. The van der Waals surface area contributed by atoms with Gasteiger partial charge in [0.15, 0.2) is 0 Å². The molecule has 0 amide bonds. The minimum atomic E-state index is -0.392. The second-order valence-corrected chi connectivity index (χ2v) is 7.67. The molecule has 0 saturated heterocycles. The van der Waals surface area contributed by atoms with Gasteiger partial charge in [-0.2, -0.15) is 0 Å². The molecule has 0 spiro atoms. The van der Waals surface area contributed by atoms with Gasteiger partial charge in [0.1, 0.15) is 4.87 Å². The van der Waals surface area contributed by atoms with Crippen LogP contribution in [-0.4, -0.2) is 14.9 Å². The van der Waals surface area contributed by atoms with Crippen LogP contribution in [-0.2, 0) is 4.87 Å². The summed E-state index contributed by atoms with van der Waals surface area (Å²) in [5.74, 6) is 0. The van der Waals surface area contributed by atoms with Crippen LogP contribution in [0, 0.1) is 0 Å². The third-order valence-corrected chi connectivity index (χ3v) is 5.58. The van der Waals surface area contributed by atoms with Gasteiger partial charge in [-0.1, -0.05) is 66.4 Å². The minimum Gasteiger partial charge on any atom is -0.265 e. The molecule has 1 aliphatic rings. The Kier molecular flexibility index (Phi) is 3.51. The van der Waals surface area contributed by atoms with Crippen molar-refractivity contribution in [2.45, 2.75) is 11.8 Å². The van der Waals surface area contributed by atoms with Gasteiger partial charge in [0.2, 0.25) is 0 Å². The number of pyridine rings is 1. The number of fused-ring (bicyclic) bond motifs is 1.